The summed E-state index contributed by atoms with van der Waals surface area (Å²) in [5.74, 6) is 5.52. The number of hydrogen-bond donors (Lipinski definition) is 0. The minimum atomic E-state index is 0. The Balaban J connectivity index is 0. The van der Waals surface area contributed by atoms with Crippen LogP contribution in [-0.2, 0) is 16.5 Å². The fourth-order valence-corrected chi connectivity index (χ4v) is 6.64. The average molecular weight is 401 g/mol. The van der Waals surface area contributed by atoms with Gasteiger partial charge in [-0.2, -0.15) is 0 Å². The van der Waals surface area contributed by atoms with Crippen molar-refractivity contribution in [3.05, 3.63) is 0 Å². The Morgan fingerprint density at radius 3 is 0.900 bits per heavy atom. The van der Waals surface area contributed by atoms with Crippen molar-refractivity contribution in [3.8, 4) is 0 Å². The van der Waals surface area contributed by atoms with E-state index in [2.05, 4.69) is 27.7 Å². The second-order valence-corrected chi connectivity index (χ2v) is 10.0. The molecule has 6 heteroatoms. The Kier molecular flexibility index (Phi) is 20.7. The van der Waals surface area contributed by atoms with Gasteiger partial charge in [-0.1, -0.05) is 43.2 Å². The van der Waals surface area contributed by atoms with Crippen molar-refractivity contribution in [2.45, 2.75) is 40.5 Å². The fraction of sp³-hybridized carbons (Fsp3) is 1.00. The van der Waals surface area contributed by atoms with Crippen molar-refractivity contribution in [1.82, 2.24) is 0 Å². The van der Waals surface area contributed by atoms with E-state index >= 15 is 0 Å². The summed E-state index contributed by atoms with van der Waals surface area (Å²) in [6.45, 7) is 14.2. The van der Waals surface area contributed by atoms with Crippen molar-refractivity contribution in [2.24, 2.45) is 0 Å². The molecule has 0 saturated carbocycles. The molecule has 2 aliphatic rings. The van der Waals surface area contributed by atoms with Crippen molar-refractivity contribution in [1.29, 1.82) is 0 Å². The largest absolute Gasteiger partial charge is 0.325 e. The van der Waals surface area contributed by atoms with Crippen LogP contribution in [0.25, 0.3) is 0 Å². The minimum Gasteiger partial charge on any atom is -0.325 e. The van der Waals surface area contributed by atoms with Crippen molar-refractivity contribution in [3.63, 3.8) is 0 Å². The maximum absolute atomic E-state index is 2.27. The van der Waals surface area contributed by atoms with Crippen LogP contribution in [0.1, 0.15) is 40.5 Å². The molecular weight excluding hydrogens is 369 g/mol. The van der Waals surface area contributed by atoms with E-state index in [0.29, 0.717) is 0 Å². The number of quaternary nitrogens is 1. The zero-order valence-electron chi connectivity index (χ0n) is 13.5. The fourth-order valence-electron chi connectivity index (χ4n) is 1.93. The van der Waals surface area contributed by atoms with Crippen LogP contribution >= 0.6 is 43.2 Å². The van der Waals surface area contributed by atoms with Crippen molar-refractivity contribution in [2.75, 3.05) is 49.2 Å². The molecule has 2 heterocycles. The first kappa shape index (κ1) is 24.1. The molecule has 2 aliphatic heterocycles. The third kappa shape index (κ3) is 12.4. The second-order valence-electron chi connectivity index (χ2n) is 4.60. The third-order valence-electron chi connectivity index (χ3n) is 3.76. The summed E-state index contributed by atoms with van der Waals surface area (Å²) < 4.78 is 1.28. The molecule has 0 N–H and O–H groups in total. The Labute approximate surface area is 153 Å². The quantitative estimate of drug-likeness (QED) is 0.350. The molecule has 0 atom stereocenters. The van der Waals surface area contributed by atoms with Gasteiger partial charge in [-0.05, 0) is 40.5 Å². The van der Waals surface area contributed by atoms with E-state index in [1.807, 2.05) is 43.2 Å². The molecule has 0 unspecified atom stereocenters. The number of nitrogens with zero attached hydrogens (tertiary/aromatic N) is 1. The van der Waals surface area contributed by atoms with Crippen molar-refractivity contribution >= 4 is 43.2 Å². The Morgan fingerprint density at radius 1 is 0.600 bits per heavy atom. The predicted molar refractivity (Wildman–Crippen MR) is 101 cm³/mol. The summed E-state index contributed by atoms with van der Waals surface area (Å²) in [5, 5.41) is 0. The van der Waals surface area contributed by atoms with Gasteiger partial charge >= 0.3 is 0 Å². The normalized spacial score (nSPS) is 17.4. The monoisotopic (exact) mass is 400 g/mol. The molecule has 0 aromatic rings. The van der Waals surface area contributed by atoms with Gasteiger partial charge in [0.05, 0.1) is 26.2 Å². The maximum atomic E-state index is 2.27. The summed E-state index contributed by atoms with van der Waals surface area (Å²) in [5.41, 5.74) is 0. The van der Waals surface area contributed by atoms with E-state index in [0.717, 1.165) is 0 Å². The van der Waals surface area contributed by atoms with Crippen LogP contribution in [0.2, 0.25) is 0 Å². The van der Waals surface area contributed by atoms with Crippen molar-refractivity contribution < 1.29 is 21.0 Å². The average Bonchev–Trinajstić information content (AvgIpc) is 3.20. The van der Waals surface area contributed by atoms with Crippen LogP contribution in [-0.4, -0.2) is 53.7 Å². The molecule has 1 nitrogen and oxygen atoms in total. The van der Waals surface area contributed by atoms with Gasteiger partial charge in [-0.3, -0.25) is 0 Å². The molecule has 0 radical (unpaired) electrons. The summed E-state index contributed by atoms with van der Waals surface area (Å²) in [7, 11) is 7.96. The van der Waals surface area contributed by atoms with Gasteiger partial charge in [0.25, 0.3) is 0 Å². The van der Waals surface area contributed by atoms with E-state index in [1.54, 1.807) is 0 Å². The summed E-state index contributed by atoms with van der Waals surface area (Å²) >= 11 is 0. The van der Waals surface area contributed by atoms with Crippen LogP contribution in [0.3, 0.4) is 0 Å². The molecule has 20 heavy (non-hydrogen) atoms. The van der Waals surface area contributed by atoms with Crippen LogP contribution in [0.4, 0.5) is 0 Å². The van der Waals surface area contributed by atoms with Crippen LogP contribution < -0.4 is 0 Å². The zero-order valence-corrected chi connectivity index (χ0v) is 17.7. The summed E-state index contributed by atoms with van der Waals surface area (Å²) in [6, 6.07) is 0. The first-order valence-electron chi connectivity index (χ1n) is 7.58. The zero-order chi connectivity index (χ0) is 14.4. The van der Waals surface area contributed by atoms with Gasteiger partial charge < -0.3 is 4.48 Å². The van der Waals surface area contributed by atoms with Gasteiger partial charge in [0.15, 0.2) is 0 Å². The van der Waals surface area contributed by atoms with Crippen LogP contribution in [0.15, 0.2) is 0 Å². The van der Waals surface area contributed by atoms with Gasteiger partial charge in [-0.15, -0.1) is 0 Å². The van der Waals surface area contributed by atoms with Crippen LogP contribution in [0, 0.1) is 0 Å². The molecule has 2 rings (SSSR count). The number of rotatable bonds is 4. The maximum Gasteiger partial charge on any atom is 0.0757 e. The predicted octanol–water partition coefficient (Wildman–Crippen LogP) is 5.42. The Hall–Kier alpha value is 1.85. The molecule has 0 aliphatic carbocycles. The SMILES string of the molecule is C1CSSC1.C1CSSC1.CC[N+](CC)(CC)CC.[Ni]. The Morgan fingerprint density at radius 2 is 0.850 bits per heavy atom. The van der Waals surface area contributed by atoms with E-state index in [4.69, 9.17) is 0 Å². The Bertz CT molecular complexity index is 141. The van der Waals surface area contributed by atoms with Gasteiger partial charge in [0.1, 0.15) is 0 Å². The third-order valence-corrected chi connectivity index (χ3v) is 8.92. The van der Waals surface area contributed by atoms with E-state index in [9.17, 15) is 0 Å². The van der Waals surface area contributed by atoms with E-state index in [1.165, 1.54) is 66.5 Å². The standard InChI is InChI=1S/C8H20N.2C3H6S2.Ni/c1-5-9(6-2,7-3)8-4;2*1-2-4-5-3-1;/h5-8H2,1-4H3;2*1-3H2;/q+1;;;. The molecular formula is C14H32NNiS4+. The van der Waals surface area contributed by atoms with E-state index in [-0.39, 0.29) is 16.5 Å². The van der Waals surface area contributed by atoms with Gasteiger partial charge in [0.2, 0.25) is 0 Å². The molecule has 126 valence electrons. The first-order chi connectivity index (χ1) is 9.24. The van der Waals surface area contributed by atoms with Gasteiger partial charge in [-0.25, -0.2) is 0 Å². The first-order valence-corrected chi connectivity index (χ1v) is 12.6. The molecule has 2 saturated heterocycles. The smallest absolute Gasteiger partial charge is 0.0757 e. The van der Waals surface area contributed by atoms with Crippen LogP contribution in [0.5, 0.6) is 0 Å². The molecule has 0 amide bonds. The topological polar surface area (TPSA) is 0 Å². The summed E-state index contributed by atoms with van der Waals surface area (Å²) in [6.07, 6.45) is 2.85. The van der Waals surface area contributed by atoms with E-state index < -0.39 is 0 Å². The molecule has 0 bridgehead atoms. The summed E-state index contributed by atoms with van der Waals surface area (Å²) in [4.78, 5) is 0. The second kappa shape index (κ2) is 17.2. The molecule has 0 aromatic heterocycles. The minimum absolute atomic E-state index is 0. The molecule has 0 aromatic carbocycles. The number of hydrogen-bond acceptors (Lipinski definition) is 4. The molecule has 0 spiro atoms. The molecule has 2 fully saturated rings. The van der Waals surface area contributed by atoms with Gasteiger partial charge in [0, 0.05) is 39.5 Å².